The summed E-state index contributed by atoms with van der Waals surface area (Å²) in [5, 5.41) is 9.69. The molecule has 0 spiro atoms. The van der Waals surface area contributed by atoms with E-state index >= 15 is 4.39 Å². The maximum atomic E-state index is 15.6. The van der Waals surface area contributed by atoms with E-state index < -0.39 is 42.6 Å². The van der Waals surface area contributed by atoms with E-state index in [1.165, 1.54) is 6.21 Å². The first-order valence-corrected chi connectivity index (χ1v) is 17.3. The molecule has 0 aromatic rings. The fourth-order valence-electron chi connectivity index (χ4n) is 7.80. The lowest BCUT2D eigenvalue weighted by Crippen LogP contribution is -2.67. The largest absolute Gasteiger partial charge is 0.378 e. The molecule has 9 unspecified atom stereocenters. The second-order valence-corrected chi connectivity index (χ2v) is 14.0. The van der Waals surface area contributed by atoms with Crippen molar-refractivity contribution in [1.29, 1.82) is 0 Å². The van der Waals surface area contributed by atoms with E-state index in [-0.39, 0.29) is 36.2 Å². The van der Waals surface area contributed by atoms with Gasteiger partial charge in [-0.3, -0.25) is 29.7 Å². The number of aliphatic imine (C=N–C) groups is 1. The molecule has 256 valence electrons. The van der Waals surface area contributed by atoms with Crippen molar-refractivity contribution in [2.75, 3.05) is 65.6 Å². The topological polar surface area (TPSA) is 128 Å². The molecule has 0 aliphatic carbocycles. The Balaban J connectivity index is 1.19. The smallest absolute Gasteiger partial charge is 0.228 e. The lowest BCUT2D eigenvalue weighted by atomic mass is 9.88. The summed E-state index contributed by atoms with van der Waals surface area (Å²) in [6.07, 6.45) is 1.49. The van der Waals surface area contributed by atoms with Gasteiger partial charge < -0.3 is 26.0 Å². The van der Waals surface area contributed by atoms with Gasteiger partial charge in [-0.05, 0) is 51.6 Å². The molecule has 11 nitrogen and oxygen atoms in total. The molecular weight excluding hydrogens is 582 g/mol. The van der Waals surface area contributed by atoms with Crippen LogP contribution in [0, 0.1) is 17.8 Å². The van der Waals surface area contributed by atoms with Crippen molar-refractivity contribution in [2.24, 2.45) is 28.5 Å². The first-order chi connectivity index (χ1) is 21.7. The zero-order valence-corrected chi connectivity index (χ0v) is 27.4. The molecule has 5 aliphatic heterocycles. The van der Waals surface area contributed by atoms with E-state index in [2.05, 4.69) is 44.6 Å². The molecule has 0 saturated carbocycles. The van der Waals surface area contributed by atoms with Gasteiger partial charge in [0.15, 0.2) is 0 Å². The summed E-state index contributed by atoms with van der Waals surface area (Å²) in [6, 6.07) is -1.07. The summed E-state index contributed by atoms with van der Waals surface area (Å²) in [5.41, 5.74) is 6.64. The lowest BCUT2D eigenvalue weighted by molar-refractivity contribution is -0.141. The molecule has 0 radical (unpaired) electrons. The number of halogens is 2. The number of amides is 2. The maximum absolute atomic E-state index is 15.6. The summed E-state index contributed by atoms with van der Waals surface area (Å²) < 4.78 is 35.5. The van der Waals surface area contributed by atoms with Gasteiger partial charge in [0.1, 0.15) is 12.3 Å². The van der Waals surface area contributed by atoms with Crippen LogP contribution >= 0.6 is 0 Å². The van der Waals surface area contributed by atoms with E-state index in [0.29, 0.717) is 51.4 Å². The average Bonchev–Trinajstić information content (AvgIpc) is 3.01. The van der Waals surface area contributed by atoms with Crippen LogP contribution in [0.25, 0.3) is 0 Å². The van der Waals surface area contributed by atoms with Crippen LogP contribution in [0.4, 0.5) is 8.78 Å². The molecular formula is C32H56F2N8O3. The third kappa shape index (κ3) is 8.39. The summed E-state index contributed by atoms with van der Waals surface area (Å²) in [6.45, 7) is 12.7. The normalized spacial score (nSPS) is 38.2. The molecule has 4 fully saturated rings. The highest BCUT2D eigenvalue weighted by molar-refractivity contribution is 5.81. The van der Waals surface area contributed by atoms with Gasteiger partial charge in [-0.1, -0.05) is 20.3 Å². The monoisotopic (exact) mass is 638 g/mol. The van der Waals surface area contributed by atoms with Gasteiger partial charge in [-0.25, -0.2) is 8.78 Å². The lowest BCUT2D eigenvalue weighted by Gasteiger charge is -2.46. The van der Waals surface area contributed by atoms with E-state index in [1.807, 2.05) is 4.90 Å². The molecule has 13 heteroatoms. The molecule has 5 heterocycles. The zero-order valence-electron chi connectivity index (χ0n) is 27.4. The molecule has 9 atom stereocenters. The number of hydrogen-bond acceptors (Lipinski definition) is 9. The summed E-state index contributed by atoms with van der Waals surface area (Å²) in [4.78, 5) is 38.2. The Bertz CT molecular complexity index is 1000. The van der Waals surface area contributed by atoms with Gasteiger partial charge in [0.25, 0.3) is 0 Å². The molecule has 5 N–H and O–H groups in total. The Hall–Kier alpha value is -1.77. The highest BCUT2D eigenvalue weighted by atomic mass is 19.1. The highest BCUT2D eigenvalue weighted by Gasteiger charge is 2.43. The Morgan fingerprint density at radius 3 is 2.40 bits per heavy atom. The number of alkyl halides is 2. The number of likely N-dealkylation sites (tertiary alicyclic amines) is 1. The number of ether oxygens (including phenoxy) is 1. The van der Waals surface area contributed by atoms with Crippen LogP contribution < -0.4 is 21.7 Å². The number of rotatable bonds is 7. The minimum atomic E-state index is -1.18. The Morgan fingerprint density at radius 1 is 1.04 bits per heavy atom. The molecule has 45 heavy (non-hydrogen) atoms. The molecule has 5 aliphatic rings. The third-order valence-electron chi connectivity index (χ3n) is 11.1. The van der Waals surface area contributed by atoms with Crippen molar-refractivity contribution >= 4 is 18.0 Å². The van der Waals surface area contributed by atoms with Crippen LogP contribution in [0.2, 0.25) is 0 Å². The minimum Gasteiger partial charge on any atom is -0.378 e. The van der Waals surface area contributed by atoms with Crippen molar-refractivity contribution in [2.45, 2.75) is 102 Å². The van der Waals surface area contributed by atoms with Crippen LogP contribution in [-0.4, -0.2) is 147 Å². The SMILES string of the molecule is CCC(C)C1CCC(F)/C=N\C(C)C(C(=O)NC2CNCC(F)C2N2CCC(C(=O)N3CCN(C4COC4)CC3)CC2)C(N)N1. The summed E-state index contributed by atoms with van der Waals surface area (Å²) in [7, 11) is 0. The average molecular weight is 639 g/mol. The third-order valence-corrected chi connectivity index (χ3v) is 11.1. The number of nitrogens with one attached hydrogen (secondary N) is 3. The number of piperidine rings is 2. The standard InChI is InChI=1S/C32H56F2N8O3/c1-4-20(2)26-6-5-23(33)15-37-21(3)28(30(35)38-26)31(43)39-27-17-36-16-25(34)29(27)41-9-7-22(8-10-41)32(44)42-13-11-40(12-14-42)24-18-45-19-24/h15,20-30,36,38H,4-14,16-19,35H2,1-3H3,(H,39,43)/b37-15-. The number of piperazine rings is 1. The molecule has 5 rings (SSSR count). The number of carbonyl (C=O) groups excluding carboxylic acids is 2. The van der Waals surface area contributed by atoms with E-state index in [9.17, 15) is 14.0 Å². The maximum Gasteiger partial charge on any atom is 0.228 e. The molecule has 0 bridgehead atoms. The van der Waals surface area contributed by atoms with Crippen molar-refractivity contribution in [1.82, 2.24) is 30.7 Å². The van der Waals surface area contributed by atoms with Crippen molar-refractivity contribution in [3.05, 3.63) is 0 Å². The van der Waals surface area contributed by atoms with Crippen LogP contribution in [0.3, 0.4) is 0 Å². The summed E-state index contributed by atoms with van der Waals surface area (Å²) in [5.74, 6) is -0.637. The van der Waals surface area contributed by atoms with Crippen LogP contribution in [0.5, 0.6) is 0 Å². The predicted molar refractivity (Wildman–Crippen MR) is 170 cm³/mol. The van der Waals surface area contributed by atoms with E-state index in [4.69, 9.17) is 10.5 Å². The molecule has 0 aromatic carbocycles. The number of hydrogen-bond donors (Lipinski definition) is 4. The van der Waals surface area contributed by atoms with E-state index in [0.717, 1.165) is 45.8 Å². The van der Waals surface area contributed by atoms with Crippen molar-refractivity contribution in [3.8, 4) is 0 Å². The number of carbonyl (C=O) groups is 2. The first kappa shape index (κ1) is 34.6. The van der Waals surface area contributed by atoms with E-state index in [1.54, 1.807) is 6.92 Å². The van der Waals surface area contributed by atoms with Gasteiger partial charge in [-0.15, -0.1) is 0 Å². The van der Waals surface area contributed by atoms with Crippen LogP contribution in [0.15, 0.2) is 4.99 Å². The molecule has 0 aromatic heterocycles. The first-order valence-electron chi connectivity index (χ1n) is 17.3. The van der Waals surface area contributed by atoms with Gasteiger partial charge in [0.2, 0.25) is 11.8 Å². The van der Waals surface area contributed by atoms with Crippen LogP contribution in [0.1, 0.15) is 52.9 Å². The summed E-state index contributed by atoms with van der Waals surface area (Å²) >= 11 is 0. The Kier molecular flexibility index (Phi) is 12.2. The van der Waals surface area contributed by atoms with Gasteiger partial charge in [-0.2, -0.15) is 0 Å². The Morgan fingerprint density at radius 2 is 1.76 bits per heavy atom. The van der Waals surface area contributed by atoms with Crippen molar-refractivity contribution < 1.29 is 23.1 Å². The minimum absolute atomic E-state index is 0.0261. The molecule has 4 saturated heterocycles. The van der Waals surface area contributed by atoms with Crippen molar-refractivity contribution in [3.63, 3.8) is 0 Å². The second-order valence-electron chi connectivity index (χ2n) is 14.0. The zero-order chi connectivity index (χ0) is 32.1. The fourth-order valence-corrected chi connectivity index (χ4v) is 7.80. The number of nitrogens with two attached hydrogens (primary N) is 1. The number of nitrogens with zero attached hydrogens (tertiary/aromatic N) is 4. The van der Waals surface area contributed by atoms with Gasteiger partial charge in [0.05, 0.1) is 49.5 Å². The second kappa shape index (κ2) is 15.9. The predicted octanol–water partition coefficient (Wildman–Crippen LogP) is 0.533. The fraction of sp³-hybridized carbons (Fsp3) is 0.906. The van der Waals surface area contributed by atoms with Crippen LogP contribution in [-0.2, 0) is 14.3 Å². The Labute approximate surface area is 267 Å². The van der Waals surface area contributed by atoms with Gasteiger partial charge in [0, 0.05) is 57.4 Å². The quantitative estimate of drug-likeness (QED) is 0.318. The highest BCUT2D eigenvalue weighted by Crippen LogP contribution is 2.27. The van der Waals surface area contributed by atoms with Gasteiger partial charge >= 0.3 is 0 Å². The molecule has 2 amide bonds.